The highest BCUT2D eigenvalue weighted by atomic mass is 79.9. The molecule has 0 atom stereocenters. The molecular weight excluding hydrogens is 358 g/mol. The van der Waals surface area contributed by atoms with E-state index in [-0.39, 0.29) is 11.2 Å². The largest absolute Gasteiger partial charge is 0.344 e. The van der Waals surface area contributed by atoms with Crippen LogP contribution in [0.3, 0.4) is 0 Å². The van der Waals surface area contributed by atoms with Crippen LogP contribution in [0, 0.1) is 6.92 Å². The maximum Gasteiger partial charge on any atom is 0.330 e. The number of alkyl halides is 1. The first kappa shape index (κ1) is 15.8. The van der Waals surface area contributed by atoms with Gasteiger partial charge in [0.1, 0.15) is 0 Å². The molecule has 0 saturated carbocycles. The highest BCUT2D eigenvalue weighted by Crippen LogP contribution is 2.28. The van der Waals surface area contributed by atoms with Crippen molar-refractivity contribution in [2.75, 3.05) is 5.33 Å². The molecule has 2 heterocycles. The second-order valence-corrected chi connectivity index (χ2v) is 6.49. The number of aryl methyl sites for hydroxylation is 3. The molecule has 1 aromatic carbocycles. The third-order valence-electron chi connectivity index (χ3n) is 4.16. The van der Waals surface area contributed by atoms with Gasteiger partial charge in [0.2, 0.25) is 0 Å². The lowest BCUT2D eigenvalue weighted by molar-refractivity contribution is 0.714. The molecule has 6 heteroatoms. The van der Waals surface area contributed by atoms with Crippen molar-refractivity contribution in [2.45, 2.75) is 13.5 Å². The summed E-state index contributed by atoms with van der Waals surface area (Å²) in [4.78, 5) is 24.9. The Bertz CT molecular complexity index is 994. The summed E-state index contributed by atoms with van der Waals surface area (Å²) in [6.07, 6.45) is 1.88. The topological polar surface area (TPSA) is 48.9 Å². The summed E-state index contributed by atoms with van der Waals surface area (Å²) in [6, 6.07) is 8.08. The van der Waals surface area contributed by atoms with Gasteiger partial charge in [-0.15, -0.1) is 0 Å². The Kier molecular flexibility index (Phi) is 4.02. The van der Waals surface area contributed by atoms with Gasteiger partial charge in [0, 0.05) is 32.2 Å². The second kappa shape index (κ2) is 5.85. The molecule has 0 aliphatic rings. The Morgan fingerprint density at radius 1 is 1.04 bits per heavy atom. The lowest BCUT2D eigenvalue weighted by atomic mass is 10.1. The molecule has 0 saturated heterocycles. The van der Waals surface area contributed by atoms with E-state index >= 15 is 0 Å². The predicted octanol–water partition coefficient (Wildman–Crippen LogP) is 2.41. The van der Waals surface area contributed by atoms with E-state index in [1.165, 1.54) is 16.2 Å². The van der Waals surface area contributed by atoms with Gasteiger partial charge < -0.3 is 4.57 Å². The van der Waals surface area contributed by atoms with E-state index in [1.54, 1.807) is 7.05 Å². The van der Waals surface area contributed by atoms with Crippen molar-refractivity contribution < 1.29 is 0 Å². The van der Waals surface area contributed by atoms with Crippen LogP contribution >= 0.6 is 15.9 Å². The van der Waals surface area contributed by atoms with Crippen LogP contribution in [0.5, 0.6) is 0 Å². The van der Waals surface area contributed by atoms with Gasteiger partial charge in [-0.05, 0) is 12.5 Å². The molecule has 2 aromatic heterocycles. The zero-order valence-electron chi connectivity index (χ0n) is 13.3. The lowest BCUT2D eigenvalue weighted by Gasteiger charge is -2.09. The highest BCUT2D eigenvalue weighted by molar-refractivity contribution is 9.09. The Morgan fingerprint density at radius 2 is 1.70 bits per heavy atom. The van der Waals surface area contributed by atoms with Gasteiger partial charge in [-0.1, -0.05) is 45.8 Å². The van der Waals surface area contributed by atoms with Gasteiger partial charge in [-0.2, -0.15) is 0 Å². The minimum absolute atomic E-state index is 0.257. The molecule has 3 rings (SSSR count). The molecule has 0 unspecified atom stereocenters. The summed E-state index contributed by atoms with van der Waals surface area (Å²) in [6.45, 7) is 2.75. The van der Waals surface area contributed by atoms with Crippen LogP contribution in [0.4, 0.5) is 0 Å². The molecule has 0 N–H and O–H groups in total. The zero-order valence-corrected chi connectivity index (χ0v) is 14.9. The Balaban J connectivity index is 2.48. The average molecular weight is 376 g/mol. The number of halogens is 1. The summed E-state index contributed by atoms with van der Waals surface area (Å²) in [5, 5.41) is 1.35. The fourth-order valence-electron chi connectivity index (χ4n) is 2.88. The van der Waals surface area contributed by atoms with E-state index < -0.39 is 0 Å². The summed E-state index contributed by atoms with van der Waals surface area (Å²) >= 11 is 3.45. The maximum atomic E-state index is 12.7. The van der Waals surface area contributed by atoms with E-state index in [9.17, 15) is 9.59 Å². The molecule has 3 aromatic rings. The number of hydrogen-bond acceptors (Lipinski definition) is 2. The minimum Gasteiger partial charge on any atom is -0.344 e. The van der Waals surface area contributed by atoms with Crippen molar-refractivity contribution in [3.05, 3.63) is 56.9 Å². The van der Waals surface area contributed by atoms with Crippen molar-refractivity contribution in [3.8, 4) is 11.3 Å². The van der Waals surface area contributed by atoms with Crippen LogP contribution in [0.2, 0.25) is 0 Å². The lowest BCUT2D eigenvalue weighted by Crippen LogP contribution is -2.36. The van der Waals surface area contributed by atoms with Crippen LogP contribution in [0.1, 0.15) is 5.56 Å². The van der Waals surface area contributed by atoms with Crippen LogP contribution in [-0.2, 0) is 20.6 Å². The molecule has 23 heavy (non-hydrogen) atoms. The summed E-state index contributed by atoms with van der Waals surface area (Å²) in [5.74, 6) is 0. The smallest absolute Gasteiger partial charge is 0.330 e. The number of hydrogen-bond donors (Lipinski definition) is 0. The molecule has 0 aliphatic carbocycles. The fourth-order valence-corrected chi connectivity index (χ4v) is 3.26. The third-order valence-corrected chi connectivity index (χ3v) is 4.52. The molecule has 0 aliphatic heterocycles. The van der Waals surface area contributed by atoms with Crippen molar-refractivity contribution >= 4 is 26.8 Å². The monoisotopic (exact) mass is 375 g/mol. The SMILES string of the molecule is Cc1ccc(-c2c3c(=O)n(C)c(=O)n(C)c3cn2CCBr)cc1. The van der Waals surface area contributed by atoms with Gasteiger partial charge in [0.15, 0.2) is 0 Å². The quantitative estimate of drug-likeness (QED) is 0.660. The molecule has 0 spiro atoms. The molecule has 5 nitrogen and oxygen atoms in total. The molecule has 0 bridgehead atoms. The van der Waals surface area contributed by atoms with Crippen LogP contribution in [0.15, 0.2) is 40.1 Å². The Morgan fingerprint density at radius 3 is 2.30 bits per heavy atom. The van der Waals surface area contributed by atoms with Gasteiger partial charge in [0.25, 0.3) is 5.56 Å². The van der Waals surface area contributed by atoms with Crippen LogP contribution < -0.4 is 11.2 Å². The highest BCUT2D eigenvalue weighted by Gasteiger charge is 2.18. The molecule has 120 valence electrons. The fraction of sp³-hybridized carbons (Fsp3) is 0.294. The van der Waals surface area contributed by atoms with Crippen molar-refractivity contribution in [2.24, 2.45) is 14.1 Å². The van der Waals surface area contributed by atoms with Gasteiger partial charge in [0.05, 0.1) is 16.6 Å². The van der Waals surface area contributed by atoms with Crippen LogP contribution in [0.25, 0.3) is 22.2 Å². The van der Waals surface area contributed by atoms with E-state index in [0.717, 1.165) is 28.7 Å². The predicted molar refractivity (Wildman–Crippen MR) is 96.4 cm³/mol. The van der Waals surface area contributed by atoms with E-state index in [1.807, 2.05) is 42.0 Å². The Labute approximate surface area is 141 Å². The number of rotatable bonds is 3. The number of benzene rings is 1. The standard InChI is InChI=1S/C17H18BrN3O2/c1-11-4-6-12(7-5-11)15-14-13(10-21(15)9-8-18)19(2)17(23)20(3)16(14)22/h4-7,10H,8-9H2,1-3H3. The van der Waals surface area contributed by atoms with Crippen molar-refractivity contribution in [1.29, 1.82) is 0 Å². The zero-order chi connectivity index (χ0) is 16.7. The number of fused-ring (bicyclic) bond motifs is 1. The van der Waals surface area contributed by atoms with E-state index in [0.29, 0.717) is 10.9 Å². The van der Waals surface area contributed by atoms with Crippen molar-refractivity contribution in [1.82, 2.24) is 13.7 Å². The first-order valence-corrected chi connectivity index (χ1v) is 8.49. The Hall–Kier alpha value is -2.08. The first-order chi connectivity index (χ1) is 11.0. The summed E-state index contributed by atoms with van der Waals surface area (Å²) in [5.41, 5.74) is 3.09. The summed E-state index contributed by atoms with van der Waals surface area (Å²) < 4.78 is 4.72. The molecule has 0 fully saturated rings. The number of nitrogens with zero attached hydrogens (tertiary/aromatic N) is 3. The van der Waals surface area contributed by atoms with E-state index in [2.05, 4.69) is 15.9 Å². The van der Waals surface area contributed by atoms with E-state index in [4.69, 9.17) is 0 Å². The second-order valence-electron chi connectivity index (χ2n) is 5.69. The number of aromatic nitrogens is 3. The molecule has 0 radical (unpaired) electrons. The molecular formula is C17H18BrN3O2. The average Bonchev–Trinajstić information content (AvgIpc) is 2.91. The maximum absolute atomic E-state index is 12.7. The van der Waals surface area contributed by atoms with Crippen molar-refractivity contribution in [3.63, 3.8) is 0 Å². The molecule has 0 amide bonds. The third kappa shape index (κ3) is 2.47. The van der Waals surface area contributed by atoms with Crippen LogP contribution in [-0.4, -0.2) is 19.0 Å². The van der Waals surface area contributed by atoms with Gasteiger partial charge >= 0.3 is 5.69 Å². The summed E-state index contributed by atoms with van der Waals surface area (Å²) in [7, 11) is 3.21. The van der Waals surface area contributed by atoms with Gasteiger partial charge in [-0.3, -0.25) is 13.9 Å². The normalized spacial score (nSPS) is 11.3. The first-order valence-electron chi connectivity index (χ1n) is 7.37. The van der Waals surface area contributed by atoms with Gasteiger partial charge in [-0.25, -0.2) is 4.79 Å². The minimum atomic E-state index is -0.311.